The van der Waals surface area contributed by atoms with E-state index in [9.17, 15) is 9.59 Å². The summed E-state index contributed by atoms with van der Waals surface area (Å²) in [6.45, 7) is 0.706. The molecule has 0 bridgehead atoms. The first-order valence-electron chi connectivity index (χ1n) is 7.46. The molecule has 3 amide bonds. The zero-order chi connectivity index (χ0) is 17.1. The summed E-state index contributed by atoms with van der Waals surface area (Å²) >= 11 is 11.8. The molecule has 5 nitrogen and oxygen atoms in total. The number of nitrogens with one attached hydrogen (secondary N) is 2. The molecule has 1 heterocycles. The molecule has 3 rings (SSSR count). The minimum Gasteiger partial charge on any atom is -0.312 e. The van der Waals surface area contributed by atoms with E-state index in [1.165, 1.54) is 0 Å². The van der Waals surface area contributed by atoms with Crippen LogP contribution in [0.5, 0.6) is 0 Å². The topological polar surface area (TPSA) is 61.4 Å². The first-order chi connectivity index (χ1) is 11.5. The fraction of sp³-hybridized carbons (Fsp3) is 0.176. The van der Waals surface area contributed by atoms with E-state index in [0.29, 0.717) is 34.4 Å². The van der Waals surface area contributed by atoms with Gasteiger partial charge < -0.3 is 15.5 Å². The zero-order valence-electron chi connectivity index (χ0n) is 12.7. The predicted molar refractivity (Wildman–Crippen MR) is 97.1 cm³/mol. The van der Waals surface area contributed by atoms with Crippen molar-refractivity contribution in [1.82, 2.24) is 0 Å². The van der Waals surface area contributed by atoms with Gasteiger partial charge in [-0.1, -0.05) is 29.3 Å². The van der Waals surface area contributed by atoms with Gasteiger partial charge in [-0.25, -0.2) is 4.79 Å². The predicted octanol–water partition coefficient (Wildman–Crippen LogP) is 4.76. The highest BCUT2D eigenvalue weighted by Crippen LogP contribution is 2.26. The van der Waals surface area contributed by atoms with Crippen molar-refractivity contribution >= 4 is 52.2 Å². The lowest BCUT2D eigenvalue weighted by molar-refractivity contribution is -0.117. The molecule has 1 fully saturated rings. The third-order valence-corrected chi connectivity index (χ3v) is 4.41. The average molecular weight is 364 g/mol. The third-order valence-electron chi connectivity index (χ3n) is 3.67. The molecule has 1 aliphatic rings. The Balaban J connectivity index is 1.68. The van der Waals surface area contributed by atoms with E-state index in [1.807, 2.05) is 6.07 Å². The number of anilines is 3. The third kappa shape index (κ3) is 3.80. The van der Waals surface area contributed by atoms with Crippen molar-refractivity contribution in [2.45, 2.75) is 12.8 Å². The lowest BCUT2D eigenvalue weighted by atomic mass is 10.2. The second-order valence-electron chi connectivity index (χ2n) is 5.41. The van der Waals surface area contributed by atoms with Crippen LogP contribution in [0, 0.1) is 0 Å². The van der Waals surface area contributed by atoms with Crippen molar-refractivity contribution in [1.29, 1.82) is 0 Å². The van der Waals surface area contributed by atoms with Crippen LogP contribution in [-0.4, -0.2) is 18.5 Å². The fourth-order valence-corrected chi connectivity index (χ4v) is 2.84. The van der Waals surface area contributed by atoms with E-state index in [2.05, 4.69) is 10.6 Å². The van der Waals surface area contributed by atoms with Crippen LogP contribution in [0.1, 0.15) is 12.8 Å². The van der Waals surface area contributed by atoms with Gasteiger partial charge in [0, 0.05) is 30.0 Å². The number of halogens is 2. The Bertz CT molecular complexity index is 795. The average Bonchev–Trinajstić information content (AvgIpc) is 2.97. The van der Waals surface area contributed by atoms with E-state index in [-0.39, 0.29) is 5.91 Å². The molecule has 1 saturated heterocycles. The summed E-state index contributed by atoms with van der Waals surface area (Å²) in [7, 11) is 0. The van der Waals surface area contributed by atoms with Crippen LogP contribution in [0.25, 0.3) is 0 Å². The highest BCUT2D eigenvalue weighted by Gasteiger charge is 2.21. The summed E-state index contributed by atoms with van der Waals surface area (Å²) in [6, 6.07) is 11.6. The van der Waals surface area contributed by atoms with Gasteiger partial charge in [-0.3, -0.25) is 4.79 Å². The molecule has 2 N–H and O–H groups in total. The Labute approximate surface area is 149 Å². The second-order valence-corrected chi connectivity index (χ2v) is 6.22. The minimum atomic E-state index is -0.404. The molecule has 2 aromatic carbocycles. The number of carbonyl (C=O) groups is 2. The molecular formula is C17H15Cl2N3O2. The molecule has 124 valence electrons. The summed E-state index contributed by atoms with van der Waals surface area (Å²) in [5, 5.41) is 6.21. The van der Waals surface area contributed by atoms with E-state index in [0.717, 1.165) is 12.1 Å². The van der Waals surface area contributed by atoms with Gasteiger partial charge >= 0.3 is 6.03 Å². The molecule has 0 radical (unpaired) electrons. The Kier molecular flexibility index (Phi) is 4.92. The van der Waals surface area contributed by atoms with Gasteiger partial charge in [0.1, 0.15) is 0 Å². The molecule has 1 aliphatic heterocycles. The molecule has 7 heteroatoms. The van der Waals surface area contributed by atoms with Gasteiger partial charge in [-0.15, -0.1) is 0 Å². The van der Waals surface area contributed by atoms with Gasteiger partial charge in [0.15, 0.2) is 0 Å². The number of hydrogen-bond donors (Lipinski definition) is 2. The number of hydrogen-bond acceptors (Lipinski definition) is 2. The standard InChI is InChI=1S/C17H15Cl2N3O2/c18-14-7-6-12(10-15(14)19)21-17(24)20-11-3-1-4-13(9-11)22-8-2-5-16(22)23/h1,3-4,6-7,9-10H,2,5,8H2,(H2,20,21,24). The van der Waals surface area contributed by atoms with Crippen LogP contribution >= 0.6 is 23.2 Å². The van der Waals surface area contributed by atoms with Crippen LogP contribution in [-0.2, 0) is 4.79 Å². The Morgan fingerprint density at radius 2 is 1.75 bits per heavy atom. The Morgan fingerprint density at radius 1 is 1.00 bits per heavy atom. The quantitative estimate of drug-likeness (QED) is 0.825. The largest absolute Gasteiger partial charge is 0.323 e. The van der Waals surface area contributed by atoms with Crippen molar-refractivity contribution in [2.75, 3.05) is 22.1 Å². The van der Waals surface area contributed by atoms with Gasteiger partial charge in [-0.2, -0.15) is 0 Å². The van der Waals surface area contributed by atoms with Gasteiger partial charge in [0.2, 0.25) is 5.91 Å². The second kappa shape index (κ2) is 7.11. The maximum absolute atomic E-state index is 12.1. The van der Waals surface area contributed by atoms with Crippen molar-refractivity contribution in [3.8, 4) is 0 Å². The molecule has 24 heavy (non-hydrogen) atoms. The first-order valence-corrected chi connectivity index (χ1v) is 8.22. The van der Waals surface area contributed by atoms with Crippen molar-refractivity contribution in [3.05, 3.63) is 52.5 Å². The molecule has 0 atom stereocenters. The SMILES string of the molecule is O=C(Nc1cccc(N2CCCC2=O)c1)Nc1ccc(Cl)c(Cl)c1. The zero-order valence-corrected chi connectivity index (χ0v) is 14.2. The van der Waals surface area contributed by atoms with Crippen molar-refractivity contribution in [3.63, 3.8) is 0 Å². The van der Waals surface area contributed by atoms with Crippen molar-refractivity contribution < 1.29 is 9.59 Å². The number of carbonyl (C=O) groups excluding carboxylic acids is 2. The van der Waals surface area contributed by atoms with E-state index in [1.54, 1.807) is 41.3 Å². The highest BCUT2D eigenvalue weighted by molar-refractivity contribution is 6.42. The van der Waals surface area contributed by atoms with E-state index >= 15 is 0 Å². The van der Waals surface area contributed by atoms with Gasteiger partial charge in [-0.05, 0) is 42.8 Å². The van der Waals surface area contributed by atoms with Crippen LogP contribution in [0.15, 0.2) is 42.5 Å². The lowest BCUT2D eigenvalue weighted by Gasteiger charge is -2.17. The smallest absolute Gasteiger partial charge is 0.312 e. The molecule has 2 aromatic rings. The normalized spacial score (nSPS) is 13.9. The number of rotatable bonds is 3. The molecule has 0 aliphatic carbocycles. The highest BCUT2D eigenvalue weighted by atomic mass is 35.5. The van der Waals surface area contributed by atoms with Crippen LogP contribution < -0.4 is 15.5 Å². The first kappa shape index (κ1) is 16.6. The van der Waals surface area contributed by atoms with E-state index in [4.69, 9.17) is 23.2 Å². The lowest BCUT2D eigenvalue weighted by Crippen LogP contribution is -2.24. The van der Waals surface area contributed by atoms with Crippen LogP contribution in [0.4, 0.5) is 21.9 Å². The minimum absolute atomic E-state index is 0.104. The Morgan fingerprint density at radius 3 is 2.42 bits per heavy atom. The van der Waals surface area contributed by atoms with E-state index < -0.39 is 6.03 Å². The Hall–Kier alpha value is -2.24. The van der Waals surface area contributed by atoms with Gasteiger partial charge in [0.05, 0.1) is 10.0 Å². The fourth-order valence-electron chi connectivity index (χ4n) is 2.54. The molecule has 0 unspecified atom stereocenters. The van der Waals surface area contributed by atoms with Crippen LogP contribution in [0.2, 0.25) is 10.0 Å². The monoisotopic (exact) mass is 363 g/mol. The summed E-state index contributed by atoms with van der Waals surface area (Å²) in [4.78, 5) is 25.6. The number of nitrogens with zero attached hydrogens (tertiary/aromatic N) is 1. The molecule has 0 spiro atoms. The molecular weight excluding hydrogens is 349 g/mol. The summed E-state index contributed by atoms with van der Waals surface area (Å²) in [5.74, 6) is 0.104. The maximum atomic E-state index is 12.1. The number of benzene rings is 2. The summed E-state index contributed by atoms with van der Waals surface area (Å²) in [6.07, 6.45) is 1.42. The molecule has 0 saturated carbocycles. The van der Waals surface area contributed by atoms with Crippen molar-refractivity contribution in [2.24, 2.45) is 0 Å². The maximum Gasteiger partial charge on any atom is 0.323 e. The molecule has 0 aromatic heterocycles. The summed E-state index contributed by atoms with van der Waals surface area (Å²) < 4.78 is 0. The van der Waals surface area contributed by atoms with Crippen LogP contribution in [0.3, 0.4) is 0 Å². The van der Waals surface area contributed by atoms with Gasteiger partial charge in [0.25, 0.3) is 0 Å². The number of amides is 3. The number of urea groups is 1. The summed E-state index contributed by atoms with van der Waals surface area (Å²) in [5.41, 5.74) is 1.92.